The molecule has 3 rings (SSSR count). The number of aromatic nitrogens is 1. The molecule has 0 bridgehead atoms. The molecule has 1 aromatic heterocycles. The van der Waals surface area contributed by atoms with E-state index < -0.39 is 0 Å². The van der Waals surface area contributed by atoms with Crippen molar-refractivity contribution in [3.8, 4) is 11.5 Å². The van der Waals surface area contributed by atoms with Gasteiger partial charge in [0.05, 0.1) is 0 Å². The molecule has 1 aliphatic rings. The Labute approximate surface area is 131 Å². The van der Waals surface area contributed by atoms with Gasteiger partial charge < -0.3 is 4.42 Å². The number of aryl methyl sites for hydroxylation is 1. The molecule has 0 fully saturated rings. The third kappa shape index (κ3) is 2.93. The van der Waals surface area contributed by atoms with Crippen molar-refractivity contribution in [2.45, 2.75) is 51.9 Å². The Morgan fingerprint density at radius 2 is 1.71 bits per heavy atom. The van der Waals surface area contributed by atoms with E-state index in [1.807, 2.05) is 0 Å². The van der Waals surface area contributed by atoms with Crippen LogP contribution in [0.3, 0.4) is 0 Å². The fourth-order valence-corrected chi connectivity index (χ4v) is 3.05. The van der Waals surface area contributed by atoms with E-state index in [-0.39, 0.29) is 5.41 Å². The van der Waals surface area contributed by atoms with Crippen LogP contribution < -0.4 is 0 Å². The number of benzene rings is 1. The van der Waals surface area contributed by atoms with E-state index in [2.05, 4.69) is 50.0 Å². The van der Waals surface area contributed by atoms with Gasteiger partial charge in [0.25, 0.3) is 0 Å². The fraction of sp³-hybridized carbons (Fsp3) is 0.444. The maximum absolute atomic E-state index is 6.01. The molecule has 1 heterocycles. The van der Waals surface area contributed by atoms with Crippen LogP contribution in [0.2, 0.25) is 0 Å². The van der Waals surface area contributed by atoms with Crippen molar-refractivity contribution in [3.63, 3.8) is 0 Å². The van der Waals surface area contributed by atoms with E-state index in [4.69, 9.17) is 16.6 Å². The second-order valence-corrected chi connectivity index (χ2v) is 7.15. The molecule has 21 heavy (non-hydrogen) atoms. The van der Waals surface area contributed by atoms with Gasteiger partial charge in [-0.1, -0.05) is 45.1 Å². The third-order valence-electron chi connectivity index (χ3n) is 4.10. The molecule has 110 valence electrons. The molecule has 0 aliphatic heterocycles. The summed E-state index contributed by atoms with van der Waals surface area (Å²) < 4.78 is 6.73. The Morgan fingerprint density at radius 1 is 1.05 bits per heavy atom. The summed E-state index contributed by atoms with van der Waals surface area (Å²) in [5.41, 5.74) is 3.61. The zero-order valence-electron chi connectivity index (χ0n) is 12.9. The van der Waals surface area contributed by atoms with Gasteiger partial charge in [0, 0.05) is 17.5 Å². The predicted octanol–water partition coefficient (Wildman–Crippen LogP) is 5.25. The van der Waals surface area contributed by atoms with Crippen LogP contribution in [0.4, 0.5) is 0 Å². The van der Waals surface area contributed by atoms with Crippen molar-refractivity contribution < 1.29 is 4.42 Å². The molecule has 3 heteroatoms. The first kappa shape index (κ1) is 14.5. The molecule has 0 unspecified atom stereocenters. The third-order valence-corrected chi connectivity index (χ3v) is 4.43. The Hall–Kier alpha value is -1.48. The lowest BCUT2D eigenvalue weighted by molar-refractivity contribution is 0.449. The lowest BCUT2D eigenvalue weighted by Gasteiger charge is -2.19. The number of hydrogen-bond acceptors (Lipinski definition) is 3. The zero-order chi connectivity index (χ0) is 15.0. The first-order valence-electron chi connectivity index (χ1n) is 7.59. The summed E-state index contributed by atoms with van der Waals surface area (Å²) >= 11 is 5.44. The highest BCUT2D eigenvalue weighted by Gasteiger charge is 2.17. The predicted molar refractivity (Wildman–Crippen MR) is 88.1 cm³/mol. The minimum absolute atomic E-state index is 0.155. The summed E-state index contributed by atoms with van der Waals surface area (Å²) in [4.78, 5) is 4.50. The van der Waals surface area contributed by atoms with Crippen LogP contribution in [0.5, 0.6) is 0 Å². The van der Waals surface area contributed by atoms with E-state index in [0.717, 1.165) is 29.7 Å². The van der Waals surface area contributed by atoms with Crippen molar-refractivity contribution in [2.75, 3.05) is 0 Å². The lowest BCUT2D eigenvalue weighted by atomic mass is 9.87. The molecule has 1 aliphatic carbocycles. The summed E-state index contributed by atoms with van der Waals surface area (Å²) in [5.74, 6) is 1.69. The molecule has 0 spiro atoms. The molecule has 1 aromatic carbocycles. The fourth-order valence-electron chi connectivity index (χ4n) is 2.75. The summed E-state index contributed by atoms with van der Waals surface area (Å²) in [6, 6.07) is 8.46. The van der Waals surface area contributed by atoms with Crippen LogP contribution in [-0.2, 0) is 18.3 Å². The highest BCUT2D eigenvalue weighted by molar-refractivity contribution is 7.71. The first-order chi connectivity index (χ1) is 9.95. The highest BCUT2D eigenvalue weighted by Crippen LogP contribution is 2.28. The van der Waals surface area contributed by atoms with Gasteiger partial charge in [-0.2, -0.15) is 0 Å². The molecule has 0 saturated heterocycles. The molecule has 0 radical (unpaired) electrons. The Bertz CT molecular complexity index is 707. The standard InChI is InChI=1S/C18H21NOS/c1-18(2,3)13-10-8-12(9-11-13)16-19-17(21)14-6-4-5-7-15(14)20-16/h8-11H,4-7H2,1-3H3. The second kappa shape index (κ2) is 5.38. The average molecular weight is 299 g/mol. The molecular formula is C18H21NOS. The van der Waals surface area contributed by atoms with Crippen molar-refractivity contribution in [3.05, 3.63) is 45.8 Å². The summed E-state index contributed by atoms with van der Waals surface area (Å²) in [6.45, 7) is 6.64. The summed E-state index contributed by atoms with van der Waals surface area (Å²) in [5, 5.41) is 0. The van der Waals surface area contributed by atoms with Crippen molar-refractivity contribution >= 4 is 12.2 Å². The normalized spacial score (nSPS) is 14.8. The first-order valence-corrected chi connectivity index (χ1v) is 8.00. The maximum Gasteiger partial charge on any atom is 0.227 e. The molecule has 2 nitrogen and oxygen atoms in total. The van der Waals surface area contributed by atoms with Crippen molar-refractivity contribution in [1.82, 2.24) is 4.98 Å². The van der Waals surface area contributed by atoms with Crippen LogP contribution in [0.15, 0.2) is 28.7 Å². The average Bonchev–Trinajstić information content (AvgIpc) is 2.46. The SMILES string of the molecule is CC(C)(C)c1ccc(-c2nc(=S)c3c(o2)CCCC3)cc1. The van der Waals surface area contributed by atoms with Crippen LogP contribution in [0, 0.1) is 4.64 Å². The highest BCUT2D eigenvalue weighted by atomic mass is 32.1. The quantitative estimate of drug-likeness (QED) is 0.673. The molecule has 0 amide bonds. The molecule has 0 saturated carbocycles. The van der Waals surface area contributed by atoms with Crippen LogP contribution >= 0.6 is 12.2 Å². The van der Waals surface area contributed by atoms with Crippen molar-refractivity contribution in [2.24, 2.45) is 0 Å². The largest absolute Gasteiger partial charge is 0.442 e. The van der Waals surface area contributed by atoms with E-state index in [1.54, 1.807) is 0 Å². The van der Waals surface area contributed by atoms with Gasteiger partial charge in [-0.25, -0.2) is 4.98 Å². The topological polar surface area (TPSA) is 26.0 Å². The molecule has 0 N–H and O–H groups in total. The molecule has 2 aromatic rings. The smallest absolute Gasteiger partial charge is 0.227 e. The minimum Gasteiger partial charge on any atom is -0.442 e. The van der Waals surface area contributed by atoms with Gasteiger partial charge in [0.2, 0.25) is 5.89 Å². The molecule has 0 atom stereocenters. The molecular weight excluding hydrogens is 278 g/mol. The van der Waals surface area contributed by atoms with Gasteiger partial charge >= 0.3 is 0 Å². The lowest BCUT2D eigenvalue weighted by Crippen LogP contribution is -2.10. The Morgan fingerprint density at radius 3 is 2.38 bits per heavy atom. The Kier molecular flexibility index (Phi) is 3.70. The monoisotopic (exact) mass is 299 g/mol. The number of hydrogen-bond donors (Lipinski definition) is 0. The summed E-state index contributed by atoms with van der Waals surface area (Å²) in [6.07, 6.45) is 4.35. The van der Waals surface area contributed by atoms with E-state index in [1.165, 1.54) is 18.4 Å². The number of nitrogens with zero attached hydrogens (tertiary/aromatic N) is 1. The van der Waals surface area contributed by atoms with Crippen molar-refractivity contribution in [1.29, 1.82) is 0 Å². The van der Waals surface area contributed by atoms with Gasteiger partial charge in [-0.3, -0.25) is 0 Å². The van der Waals surface area contributed by atoms with Gasteiger partial charge in [-0.15, -0.1) is 0 Å². The van der Waals surface area contributed by atoms with E-state index in [9.17, 15) is 0 Å². The number of rotatable bonds is 1. The maximum atomic E-state index is 6.01. The van der Waals surface area contributed by atoms with Crippen LogP contribution in [0.25, 0.3) is 11.5 Å². The van der Waals surface area contributed by atoms with Gasteiger partial charge in [0.15, 0.2) is 0 Å². The zero-order valence-corrected chi connectivity index (χ0v) is 13.7. The van der Waals surface area contributed by atoms with Gasteiger partial charge in [-0.05, 0) is 42.4 Å². The van der Waals surface area contributed by atoms with Crippen LogP contribution in [0.1, 0.15) is 50.5 Å². The van der Waals surface area contributed by atoms with Crippen LogP contribution in [-0.4, -0.2) is 4.98 Å². The Balaban J connectivity index is 2.01. The second-order valence-electron chi connectivity index (χ2n) is 6.76. The summed E-state index contributed by atoms with van der Waals surface area (Å²) in [7, 11) is 0. The number of fused-ring (bicyclic) bond motifs is 1. The van der Waals surface area contributed by atoms with E-state index >= 15 is 0 Å². The minimum atomic E-state index is 0.155. The van der Waals surface area contributed by atoms with E-state index in [0.29, 0.717) is 10.5 Å². The van der Waals surface area contributed by atoms with Gasteiger partial charge in [0.1, 0.15) is 10.4 Å².